The van der Waals surface area contributed by atoms with E-state index in [4.69, 9.17) is 9.15 Å². The van der Waals surface area contributed by atoms with Gasteiger partial charge in [-0.2, -0.15) is 5.26 Å². The molecule has 0 saturated heterocycles. The van der Waals surface area contributed by atoms with Gasteiger partial charge >= 0.3 is 10.8 Å². The summed E-state index contributed by atoms with van der Waals surface area (Å²) in [5, 5.41) is 13.9. The van der Waals surface area contributed by atoms with Crippen molar-refractivity contribution in [1.82, 2.24) is 9.13 Å². The number of carbonyl (C=O) groups excluding carboxylic acids is 2. The van der Waals surface area contributed by atoms with Crippen LogP contribution >= 0.6 is 11.3 Å². The van der Waals surface area contributed by atoms with Gasteiger partial charge < -0.3 is 23.6 Å². The van der Waals surface area contributed by atoms with Gasteiger partial charge in [0.15, 0.2) is 6.61 Å². The number of hydrogen-bond donors (Lipinski definition) is 1. The number of carbonyl (C=O) groups is 2. The van der Waals surface area contributed by atoms with Crippen molar-refractivity contribution in [1.29, 1.82) is 5.26 Å². The van der Waals surface area contributed by atoms with Crippen LogP contribution in [0.2, 0.25) is 0 Å². The predicted molar refractivity (Wildman–Crippen MR) is 114 cm³/mol. The number of anilines is 1. The van der Waals surface area contributed by atoms with Gasteiger partial charge in [-0.25, -0.2) is 0 Å². The third-order valence-corrected chi connectivity index (χ3v) is 5.85. The Kier molecular flexibility index (Phi) is 6.77. The number of nitrogens with zero attached hydrogens (tertiary/aromatic N) is 3. The molecule has 0 saturated carbocycles. The van der Waals surface area contributed by atoms with Crippen LogP contribution in [0, 0.1) is 32.1 Å². The Morgan fingerprint density at radius 3 is 2.68 bits per heavy atom. The zero-order valence-corrected chi connectivity index (χ0v) is 18.2. The zero-order chi connectivity index (χ0) is 22.5. The Balaban J connectivity index is 1.63. The number of esters is 1. The summed E-state index contributed by atoms with van der Waals surface area (Å²) in [6.07, 6.45) is 1.52. The Morgan fingerprint density at radius 1 is 1.29 bits per heavy atom. The van der Waals surface area contributed by atoms with Crippen molar-refractivity contribution in [3.05, 3.63) is 61.7 Å². The number of nitrogens with one attached hydrogen (secondary N) is 1. The molecule has 3 aromatic heterocycles. The summed E-state index contributed by atoms with van der Waals surface area (Å²) in [6.45, 7) is 5.47. The Bertz CT molecular complexity index is 1190. The average molecular weight is 442 g/mol. The summed E-state index contributed by atoms with van der Waals surface area (Å²) in [6, 6.07) is 5.68. The van der Waals surface area contributed by atoms with Gasteiger partial charge in [-0.05, 0) is 38.5 Å². The van der Waals surface area contributed by atoms with E-state index in [0.717, 1.165) is 28.3 Å². The molecule has 0 aliphatic heterocycles. The molecule has 0 aliphatic carbocycles. The number of aryl methyl sites for hydroxylation is 1. The first-order valence-electron chi connectivity index (χ1n) is 9.54. The first-order chi connectivity index (χ1) is 14.8. The lowest BCUT2D eigenvalue weighted by molar-refractivity contribution is -0.147. The van der Waals surface area contributed by atoms with Crippen LogP contribution in [0.15, 0.2) is 33.0 Å². The van der Waals surface area contributed by atoms with E-state index in [1.807, 2.05) is 6.92 Å². The molecule has 0 radical (unpaired) electrons. The number of thiazole rings is 1. The monoisotopic (exact) mass is 442 g/mol. The second-order valence-electron chi connectivity index (χ2n) is 6.96. The predicted octanol–water partition coefficient (Wildman–Crippen LogP) is 2.72. The van der Waals surface area contributed by atoms with E-state index in [-0.39, 0.29) is 17.8 Å². The molecule has 10 heteroatoms. The summed E-state index contributed by atoms with van der Waals surface area (Å²) in [5.74, 6) is -0.155. The molecule has 0 spiro atoms. The summed E-state index contributed by atoms with van der Waals surface area (Å²) < 4.78 is 13.7. The van der Waals surface area contributed by atoms with Gasteiger partial charge in [0, 0.05) is 23.3 Å². The second kappa shape index (κ2) is 9.49. The Hall–Kier alpha value is -3.58. The van der Waals surface area contributed by atoms with Gasteiger partial charge in [-0.15, -0.1) is 0 Å². The lowest BCUT2D eigenvalue weighted by Crippen LogP contribution is -2.24. The lowest BCUT2D eigenvalue weighted by atomic mass is 10.2. The molecule has 1 amide bonds. The first kappa shape index (κ1) is 22.1. The van der Waals surface area contributed by atoms with Crippen molar-refractivity contribution >= 4 is 29.0 Å². The third kappa shape index (κ3) is 4.95. The molecule has 3 aromatic rings. The standard InChI is InChI=1S/C21H22N4O5S/c1-13-12-31-21(28)24(13)7-6-19(27)30-11-18(26)23-20-17(9-22)14(2)15(3)25(20)10-16-5-4-8-29-16/h4-5,8,12H,6-7,10-11H2,1-3H3,(H,23,26). The molecule has 0 fully saturated rings. The number of amides is 1. The molecule has 0 unspecified atom stereocenters. The molecule has 0 atom stereocenters. The van der Waals surface area contributed by atoms with E-state index < -0.39 is 18.5 Å². The van der Waals surface area contributed by atoms with Gasteiger partial charge in [0.2, 0.25) is 0 Å². The molecule has 0 bridgehead atoms. The average Bonchev–Trinajstić information content (AvgIpc) is 3.42. The van der Waals surface area contributed by atoms with Gasteiger partial charge in [-0.1, -0.05) is 11.3 Å². The number of rotatable bonds is 8. The highest BCUT2D eigenvalue weighted by Gasteiger charge is 2.21. The molecule has 31 heavy (non-hydrogen) atoms. The van der Waals surface area contributed by atoms with Crippen LogP contribution in [0.3, 0.4) is 0 Å². The van der Waals surface area contributed by atoms with E-state index in [0.29, 0.717) is 23.7 Å². The highest BCUT2D eigenvalue weighted by Crippen LogP contribution is 2.27. The highest BCUT2D eigenvalue weighted by atomic mass is 32.1. The zero-order valence-electron chi connectivity index (χ0n) is 17.4. The van der Waals surface area contributed by atoms with Crippen molar-refractivity contribution in [3.8, 4) is 6.07 Å². The number of hydrogen-bond acceptors (Lipinski definition) is 7. The highest BCUT2D eigenvalue weighted by molar-refractivity contribution is 7.07. The fraction of sp³-hybridized carbons (Fsp3) is 0.333. The van der Waals surface area contributed by atoms with Crippen LogP contribution < -0.4 is 10.2 Å². The molecule has 3 rings (SSSR count). The van der Waals surface area contributed by atoms with Crippen LogP contribution in [0.4, 0.5) is 5.82 Å². The Morgan fingerprint density at radius 2 is 2.06 bits per heavy atom. The fourth-order valence-electron chi connectivity index (χ4n) is 3.15. The minimum atomic E-state index is -0.591. The minimum absolute atomic E-state index is 0.0265. The molecule has 1 N–H and O–H groups in total. The van der Waals surface area contributed by atoms with Crippen LogP contribution in [-0.4, -0.2) is 27.6 Å². The van der Waals surface area contributed by atoms with Crippen LogP contribution in [0.5, 0.6) is 0 Å². The molecule has 9 nitrogen and oxygen atoms in total. The second-order valence-corrected chi connectivity index (χ2v) is 7.79. The molecule has 3 heterocycles. The van der Waals surface area contributed by atoms with Crippen LogP contribution in [0.1, 0.15) is 34.7 Å². The number of furan rings is 1. The largest absolute Gasteiger partial charge is 0.467 e. The van der Waals surface area contributed by atoms with Crippen molar-refractivity contribution in [2.24, 2.45) is 0 Å². The smallest absolute Gasteiger partial charge is 0.308 e. The molecule has 162 valence electrons. The summed E-state index contributed by atoms with van der Waals surface area (Å²) >= 11 is 1.07. The Labute approximate surface area is 182 Å². The van der Waals surface area contributed by atoms with E-state index in [9.17, 15) is 19.6 Å². The molecule has 0 aliphatic rings. The van der Waals surface area contributed by atoms with Crippen LogP contribution in [-0.2, 0) is 27.4 Å². The van der Waals surface area contributed by atoms with E-state index in [1.165, 1.54) is 4.57 Å². The minimum Gasteiger partial charge on any atom is -0.467 e. The topological polar surface area (TPSA) is 119 Å². The maximum Gasteiger partial charge on any atom is 0.308 e. The number of ether oxygens (including phenoxy) is 1. The molecule has 0 aromatic carbocycles. The summed E-state index contributed by atoms with van der Waals surface area (Å²) in [7, 11) is 0. The summed E-state index contributed by atoms with van der Waals surface area (Å²) in [5.41, 5.74) is 2.68. The van der Waals surface area contributed by atoms with E-state index in [1.54, 1.807) is 42.2 Å². The third-order valence-electron chi connectivity index (χ3n) is 4.97. The van der Waals surface area contributed by atoms with Crippen molar-refractivity contribution in [3.63, 3.8) is 0 Å². The fourth-order valence-corrected chi connectivity index (χ4v) is 3.91. The molecular formula is C21H22N4O5S. The quantitative estimate of drug-likeness (QED) is 0.536. The molecular weight excluding hydrogens is 420 g/mol. The van der Waals surface area contributed by atoms with Gasteiger partial charge in [-0.3, -0.25) is 14.4 Å². The summed E-state index contributed by atoms with van der Waals surface area (Å²) in [4.78, 5) is 36.0. The SMILES string of the molecule is Cc1c(C#N)c(NC(=O)COC(=O)CCn2c(C)csc2=O)n(Cc2ccco2)c1C. The van der Waals surface area contributed by atoms with Crippen molar-refractivity contribution in [2.45, 2.75) is 40.3 Å². The van der Waals surface area contributed by atoms with Crippen molar-refractivity contribution in [2.75, 3.05) is 11.9 Å². The van der Waals surface area contributed by atoms with E-state index >= 15 is 0 Å². The number of aromatic nitrogens is 2. The van der Waals surface area contributed by atoms with Gasteiger partial charge in [0.05, 0.1) is 24.8 Å². The van der Waals surface area contributed by atoms with Gasteiger partial charge in [0.1, 0.15) is 17.6 Å². The maximum atomic E-state index is 12.4. The van der Waals surface area contributed by atoms with E-state index in [2.05, 4.69) is 11.4 Å². The van der Waals surface area contributed by atoms with Crippen LogP contribution in [0.25, 0.3) is 0 Å². The first-order valence-corrected chi connectivity index (χ1v) is 10.4. The maximum absolute atomic E-state index is 12.4. The van der Waals surface area contributed by atoms with Gasteiger partial charge in [0.25, 0.3) is 5.91 Å². The number of nitriles is 1. The lowest BCUT2D eigenvalue weighted by Gasteiger charge is -2.12. The normalized spacial score (nSPS) is 10.6. The van der Waals surface area contributed by atoms with Crippen molar-refractivity contribution < 1.29 is 18.7 Å².